The molecule has 1 amide bonds. The van der Waals surface area contributed by atoms with Gasteiger partial charge in [0.2, 0.25) is 10.0 Å². The van der Waals surface area contributed by atoms with Crippen LogP contribution < -0.4 is 11.1 Å². The molecule has 2 saturated heterocycles. The highest BCUT2D eigenvalue weighted by Crippen LogP contribution is 2.61. The van der Waals surface area contributed by atoms with E-state index in [4.69, 9.17) is 19.9 Å². The molecular formula is C31H47N3O7S. The molecule has 11 heteroatoms. The van der Waals surface area contributed by atoms with E-state index in [2.05, 4.69) is 5.32 Å². The normalized spacial score (nSPS) is 35.0. The Balaban J connectivity index is 1.21. The number of fused-ring (bicyclic) bond motifs is 1. The number of carbonyl (C=O) groups is 1. The van der Waals surface area contributed by atoms with Gasteiger partial charge in [-0.2, -0.15) is 4.31 Å². The fraction of sp³-hybridized carbons (Fsp3) is 0.774. The Morgan fingerprint density at radius 1 is 1.10 bits per heavy atom. The van der Waals surface area contributed by atoms with Crippen molar-refractivity contribution in [2.24, 2.45) is 35.0 Å². The van der Waals surface area contributed by atoms with Crippen LogP contribution in [0.15, 0.2) is 29.2 Å². The van der Waals surface area contributed by atoms with Gasteiger partial charge >= 0.3 is 6.09 Å². The summed E-state index contributed by atoms with van der Waals surface area (Å²) in [4.78, 5) is 13.4. The van der Waals surface area contributed by atoms with Gasteiger partial charge in [-0.15, -0.1) is 0 Å². The number of anilines is 1. The standard InChI is InChI=1S/C31H47N3O7S/c1-19(2)16-34(42(37,38)24-5-3-23(32)4-6-24)17-27(35)26(15-31-12-20-9-21(13-31)11-22(10-20)14-31)33-30(36)41-28-18-40-29-25(28)7-8-39-29/h3-6,19-22,25-29,35H,7-18,32H2,1-2H3,(H,33,36)/t20?,21?,22?,25-,26-,27+,28-,29+,31?/m0/s1. The maximum Gasteiger partial charge on any atom is 0.407 e. The zero-order valence-electron chi connectivity index (χ0n) is 24.8. The van der Waals surface area contributed by atoms with E-state index >= 15 is 0 Å². The summed E-state index contributed by atoms with van der Waals surface area (Å²) in [7, 11) is -3.91. The van der Waals surface area contributed by atoms with Crippen molar-refractivity contribution in [2.45, 2.75) is 94.6 Å². The van der Waals surface area contributed by atoms with Gasteiger partial charge in [0, 0.05) is 18.8 Å². The first kappa shape index (κ1) is 30.1. The second-order valence-electron chi connectivity index (χ2n) is 14.2. The molecule has 10 nitrogen and oxygen atoms in total. The van der Waals surface area contributed by atoms with Crippen molar-refractivity contribution in [3.05, 3.63) is 24.3 Å². The summed E-state index contributed by atoms with van der Waals surface area (Å²) in [6.45, 7) is 4.87. The minimum absolute atomic E-state index is 0.00821. The van der Waals surface area contributed by atoms with E-state index in [9.17, 15) is 18.3 Å². The number of ether oxygens (including phenoxy) is 3. The topological polar surface area (TPSA) is 140 Å². The fourth-order valence-corrected chi connectivity index (χ4v) is 10.6. The molecule has 6 aliphatic rings. The molecule has 0 aromatic heterocycles. The van der Waals surface area contributed by atoms with E-state index < -0.39 is 34.4 Å². The smallest absolute Gasteiger partial charge is 0.407 e. The van der Waals surface area contributed by atoms with Crippen molar-refractivity contribution in [3.8, 4) is 0 Å². The minimum atomic E-state index is -3.91. The quantitative estimate of drug-likeness (QED) is 0.324. The number of benzene rings is 1. The Hall–Kier alpha value is -1.92. The summed E-state index contributed by atoms with van der Waals surface area (Å²) in [5, 5.41) is 14.8. The predicted molar refractivity (Wildman–Crippen MR) is 157 cm³/mol. The molecule has 4 N–H and O–H groups in total. The SMILES string of the molecule is CC(C)CN(C[C@@H](O)[C@H](CC12CC3CC(CC(C3)C1)C2)NC(=O)O[C@H]1CO[C@H]2OCC[C@H]21)S(=O)(=O)c1ccc(N)cc1. The van der Waals surface area contributed by atoms with Crippen molar-refractivity contribution in [2.75, 3.05) is 32.0 Å². The van der Waals surface area contributed by atoms with Gasteiger partial charge in [0.15, 0.2) is 6.29 Å². The van der Waals surface area contributed by atoms with Crippen molar-refractivity contribution in [1.82, 2.24) is 9.62 Å². The largest absolute Gasteiger partial charge is 0.443 e. The molecule has 2 aliphatic heterocycles. The number of hydrogen-bond donors (Lipinski definition) is 3. The summed E-state index contributed by atoms with van der Waals surface area (Å²) in [5.74, 6) is 2.16. The van der Waals surface area contributed by atoms with Gasteiger partial charge in [0.05, 0.1) is 36.2 Å². The van der Waals surface area contributed by atoms with Crippen molar-refractivity contribution in [1.29, 1.82) is 0 Å². The molecule has 42 heavy (non-hydrogen) atoms. The van der Waals surface area contributed by atoms with Gasteiger partial charge < -0.3 is 30.4 Å². The molecule has 0 radical (unpaired) electrons. The average Bonchev–Trinajstić information content (AvgIpc) is 3.52. The number of nitrogen functional groups attached to an aromatic ring is 1. The number of aliphatic hydroxyl groups excluding tert-OH is 1. The highest BCUT2D eigenvalue weighted by Gasteiger charge is 2.52. The van der Waals surface area contributed by atoms with Crippen LogP contribution in [0.2, 0.25) is 0 Å². The molecule has 4 saturated carbocycles. The first-order valence-corrected chi connectivity index (χ1v) is 17.2. The number of nitrogens with two attached hydrogens (primary N) is 1. The fourth-order valence-electron chi connectivity index (χ4n) is 8.96. The maximum atomic E-state index is 13.7. The molecule has 2 heterocycles. The Bertz CT molecular complexity index is 1190. The number of hydrogen-bond acceptors (Lipinski definition) is 8. The second kappa shape index (κ2) is 11.9. The average molecular weight is 606 g/mol. The molecule has 234 valence electrons. The van der Waals surface area contributed by atoms with E-state index in [1.807, 2.05) is 13.8 Å². The molecule has 5 atom stereocenters. The maximum absolute atomic E-state index is 13.7. The van der Waals surface area contributed by atoms with Crippen molar-refractivity contribution in [3.63, 3.8) is 0 Å². The molecular weight excluding hydrogens is 558 g/mol. The van der Waals surface area contributed by atoms with Crippen LogP contribution in [0, 0.1) is 35.0 Å². The lowest BCUT2D eigenvalue weighted by atomic mass is 9.48. The molecule has 1 aromatic carbocycles. The molecule has 4 bridgehead atoms. The van der Waals surface area contributed by atoms with Gasteiger partial charge in [0.1, 0.15) is 6.10 Å². The Morgan fingerprint density at radius 2 is 1.74 bits per heavy atom. The van der Waals surface area contributed by atoms with E-state index in [-0.39, 0.29) is 48.1 Å². The van der Waals surface area contributed by atoms with Gasteiger partial charge in [-0.25, -0.2) is 13.2 Å². The Labute approximate surface area is 249 Å². The van der Waals surface area contributed by atoms with Crippen LogP contribution in [-0.2, 0) is 24.2 Å². The van der Waals surface area contributed by atoms with E-state index in [0.717, 1.165) is 25.7 Å². The van der Waals surface area contributed by atoms with Crippen LogP contribution in [0.5, 0.6) is 0 Å². The first-order chi connectivity index (χ1) is 20.0. The second-order valence-corrected chi connectivity index (χ2v) is 16.1. The van der Waals surface area contributed by atoms with Crippen LogP contribution in [0.3, 0.4) is 0 Å². The predicted octanol–water partition coefficient (Wildman–Crippen LogP) is 3.74. The van der Waals surface area contributed by atoms with Crippen LogP contribution in [0.4, 0.5) is 10.5 Å². The number of rotatable bonds is 11. The summed E-state index contributed by atoms with van der Waals surface area (Å²) in [6, 6.07) is 5.48. The van der Waals surface area contributed by atoms with Gasteiger partial charge in [0.25, 0.3) is 0 Å². The molecule has 0 spiro atoms. The van der Waals surface area contributed by atoms with E-state index in [0.29, 0.717) is 36.5 Å². The number of nitrogens with zero attached hydrogens (tertiary/aromatic N) is 1. The molecule has 0 unspecified atom stereocenters. The van der Waals surface area contributed by atoms with Crippen molar-refractivity contribution >= 4 is 21.8 Å². The minimum Gasteiger partial charge on any atom is -0.443 e. The number of amides is 1. The first-order valence-electron chi connectivity index (χ1n) is 15.7. The lowest BCUT2D eigenvalue weighted by Gasteiger charge is -2.58. The third-order valence-electron chi connectivity index (χ3n) is 10.3. The third-order valence-corrected chi connectivity index (χ3v) is 12.2. The monoisotopic (exact) mass is 605 g/mol. The van der Waals surface area contributed by atoms with Crippen LogP contribution in [0.25, 0.3) is 0 Å². The zero-order valence-corrected chi connectivity index (χ0v) is 25.6. The Morgan fingerprint density at radius 3 is 2.36 bits per heavy atom. The highest BCUT2D eigenvalue weighted by atomic mass is 32.2. The van der Waals surface area contributed by atoms with Crippen molar-refractivity contribution < 1.29 is 32.5 Å². The third kappa shape index (κ3) is 6.31. The zero-order chi connectivity index (χ0) is 29.6. The summed E-state index contributed by atoms with van der Waals surface area (Å²) >= 11 is 0. The molecule has 6 fully saturated rings. The van der Waals surface area contributed by atoms with Gasteiger partial charge in [-0.3, -0.25) is 0 Å². The number of nitrogens with one attached hydrogen (secondary N) is 1. The van der Waals surface area contributed by atoms with E-state index in [1.54, 1.807) is 12.1 Å². The lowest BCUT2D eigenvalue weighted by Crippen LogP contribution is -2.55. The van der Waals surface area contributed by atoms with Gasteiger partial charge in [-0.1, -0.05) is 13.8 Å². The number of carbonyl (C=O) groups excluding carboxylic acids is 1. The van der Waals surface area contributed by atoms with Crippen LogP contribution >= 0.6 is 0 Å². The van der Waals surface area contributed by atoms with Crippen LogP contribution in [0.1, 0.15) is 65.2 Å². The molecule has 1 aromatic rings. The molecule has 4 aliphatic carbocycles. The number of sulfonamides is 1. The highest BCUT2D eigenvalue weighted by molar-refractivity contribution is 7.89. The van der Waals surface area contributed by atoms with Crippen LogP contribution in [-0.4, -0.2) is 74.8 Å². The summed E-state index contributed by atoms with van der Waals surface area (Å²) in [6.07, 6.45) is 6.12. The number of alkyl carbamates (subject to hydrolysis) is 1. The number of aliphatic hydroxyl groups is 1. The van der Waals surface area contributed by atoms with Gasteiger partial charge in [-0.05, 0) is 105 Å². The summed E-state index contributed by atoms with van der Waals surface area (Å²) < 4.78 is 45.9. The lowest BCUT2D eigenvalue weighted by molar-refractivity contribution is -0.0907. The molecule has 7 rings (SSSR count). The van der Waals surface area contributed by atoms with E-state index in [1.165, 1.54) is 35.7 Å². The Kier molecular flexibility index (Phi) is 8.52. The summed E-state index contributed by atoms with van der Waals surface area (Å²) in [5.41, 5.74) is 6.33.